The second-order valence-electron chi connectivity index (χ2n) is 4.21. The highest BCUT2D eigenvalue weighted by Crippen LogP contribution is 2.07. The molecule has 8 heteroatoms. The zero-order valence-corrected chi connectivity index (χ0v) is 12.7. The number of nitrogens with two attached hydrogens (primary N) is 1. The van der Waals surface area contributed by atoms with Crippen molar-refractivity contribution in [3.63, 3.8) is 0 Å². The molecule has 0 saturated carbocycles. The molecule has 114 valence electrons. The largest absolute Gasteiger partial charge is 0.481 e. The summed E-state index contributed by atoms with van der Waals surface area (Å²) < 4.78 is 0. The second-order valence-corrected chi connectivity index (χ2v) is 4.99. The minimum atomic E-state index is -0.759. The first-order chi connectivity index (χ1) is 10.2. The molecule has 7 nitrogen and oxygen atoms in total. The predicted octanol–water partition coefficient (Wildman–Crippen LogP) is 1.58. The first-order valence-electron chi connectivity index (χ1n) is 6.53. The van der Waals surface area contributed by atoms with Gasteiger partial charge in [-0.2, -0.15) is 5.10 Å². The Kier molecular flexibility index (Phi) is 8.03. The van der Waals surface area contributed by atoms with Gasteiger partial charge in [-0.3, -0.25) is 9.79 Å². The average Bonchev–Trinajstić information content (AvgIpc) is 2.50. The summed E-state index contributed by atoms with van der Waals surface area (Å²) in [5, 5.41) is 12.9. The molecule has 0 aliphatic heterocycles. The standard InChI is InChI=1S/C13H19N5O2S/c1-21-13-16-7-10(8-17-13)11(18-14)9-15-6-4-2-3-5-12(19)20/h7-9H,2-6,14H2,1H3,(H,19,20). The Balaban J connectivity index is 2.39. The maximum Gasteiger partial charge on any atom is 0.303 e. The van der Waals surface area contributed by atoms with Crippen molar-refractivity contribution in [3.05, 3.63) is 18.0 Å². The van der Waals surface area contributed by atoms with E-state index in [9.17, 15) is 4.79 Å². The summed E-state index contributed by atoms with van der Waals surface area (Å²) in [5.41, 5.74) is 1.23. The molecule has 1 rings (SSSR count). The topological polar surface area (TPSA) is 114 Å². The molecule has 0 unspecified atom stereocenters. The zero-order chi connectivity index (χ0) is 15.5. The van der Waals surface area contributed by atoms with E-state index in [1.54, 1.807) is 18.6 Å². The molecule has 0 aliphatic rings. The van der Waals surface area contributed by atoms with Crippen molar-refractivity contribution in [2.24, 2.45) is 15.9 Å². The van der Waals surface area contributed by atoms with Gasteiger partial charge in [0.15, 0.2) is 5.16 Å². The maximum atomic E-state index is 10.3. The van der Waals surface area contributed by atoms with Gasteiger partial charge in [0.05, 0.1) is 0 Å². The quantitative estimate of drug-likeness (QED) is 0.179. The highest BCUT2D eigenvalue weighted by Gasteiger charge is 2.02. The van der Waals surface area contributed by atoms with E-state index in [4.69, 9.17) is 10.9 Å². The number of aromatic nitrogens is 2. The van der Waals surface area contributed by atoms with E-state index in [0.29, 0.717) is 29.4 Å². The van der Waals surface area contributed by atoms with Crippen LogP contribution in [0.1, 0.15) is 31.2 Å². The van der Waals surface area contributed by atoms with Gasteiger partial charge in [-0.05, 0) is 19.1 Å². The highest BCUT2D eigenvalue weighted by atomic mass is 32.2. The Morgan fingerprint density at radius 2 is 2.10 bits per heavy atom. The van der Waals surface area contributed by atoms with Gasteiger partial charge in [-0.15, -0.1) is 0 Å². The smallest absolute Gasteiger partial charge is 0.303 e. The summed E-state index contributed by atoms with van der Waals surface area (Å²) in [6, 6.07) is 0. The van der Waals surface area contributed by atoms with E-state index in [2.05, 4.69) is 20.1 Å². The number of rotatable bonds is 9. The number of carboxylic acids is 1. The summed E-state index contributed by atoms with van der Waals surface area (Å²) in [5.74, 6) is 4.58. The van der Waals surface area contributed by atoms with Gasteiger partial charge in [0.25, 0.3) is 0 Å². The first-order valence-corrected chi connectivity index (χ1v) is 7.75. The number of hydrogen-bond donors (Lipinski definition) is 2. The molecule has 21 heavy (non-hydrogen) atoms. The third-order valence-electron chi connectivity index (χ3n) is 2.64. The van der Waals surface area contributed by atoms with Crippen LogP contribution in [0.4, 0.5) is 0 Å². The molecule has 0 spiro atoms. The zero-order valence-electron chi connectivity index (χ0n) is 11.9. The molecular weight excluding hydrogens is 290 g/mol. The number of carbonyl (C=O) groups is 1. The number of unbranched alkanes of at least 4 members (excludes halogenated alkanes) is 2. The van der Waals surface area contributed by atoms with Crippen molar-refractivity contribution >= 4 is 29.7 Å². The van der Waals surface area contributed by atoms with Gasteiger partial charge in [0.1, 0.15) is 5.71 Å². The number of aliphatic carboxylic acids is 1. The monoisotopic (exact) mass is 309 g/mol. The van der Waals surface area contributed by atoms with Crippen LogP contribution < -0.4 is 5.84 Å². The SMILES string of the molecule is CSc1ncc(C(C=NCCCCCC(=O)O)=NN)cn1. The molecule has 1 heterocycles. The Morgan fingerprint density at radius 3 is 2.67 bits per heavy atom. The van der Waals surface area contributed by atoms with Crippen LogP contribution in [-0.4, -0.2) is 45.8 Å². The van der Waals surface area contributed by atoms with Gasteiger partial charge in [0, 0.05) is 37.1 Å². The fraction of sp³-hybridized carbons (Fsp3) is 0.462. The lowest BCUT2D eigenvalue weighted by Crippen LogP contribution is -2.08. The van der Waals surface area contributed by atoms with E-state index < -0.39 is 5.97 Å². The van der Waals surface area contributed by atoms with Crippen LogP contribution >= 0.6 is 11.8 Å². The summed E-state index contributed by atoms with van der Waals surface area (Å²) in [6.45, 7) is 0.613. The molecule has 0 radical (unpaired) electrons. The summed E-state index contributed by atoms with van der Waals surface area (Å²) in [4.78, 5) is 22.9. The number of hydrazone groups is 1. The Bertz CT molecular complexity index is 502. The van der Waals surface area contributed by atoms with E-state index in [1.807, 2.05) is 6.26 Å². The lowest BCUT2D eigenvalue weighted by molar-refractivity contribution is -0.137. The van der Waals surface area contributed by atoms with Gasteiger partial charge >= 0.3 is 5.97 Å². The molecule has 0 atom stereocenters. The minimum Gasteiger partial charge on any atom is -0.481 e. The van der Waals surface area contributed by atoms with Crippen LogP contribution in [-0.2, 0) is 4.79 Å². The van der Waals surface area contributed by atoms with Crippen LogP contribution in [0, 0.1) is 0 Å². The summed E-state index contributed by atoms with van der Waals surface area (Å²) in [6.07, 6.45) is 9.36. The van der Waals surface area contributed by atoms with Gasteiger partial charge < -0.3 is 10.9 Å². The van der Waals surface area contributed by atoms with Crippen LogP contribution in [0.25, 0.3) is 0 Å². The van der Waals surface area contributed by atoms with Crippen LogP contribution in [0.3, 0.4) is 0 Å². The van der Waals surface area contributed by atoms with E-state index in [0.717, 1.165) is 12.8 Å². The van der Waals surface area contributed by atoms with Crippen molar-refractivity contribution < 1.29 is 9.90 Å². The molecule has 0 fully saturated rings. The highest BCUT2D eigenvalue weighted by molar-refractivity contribution is 7.98. The molecular formula is C13H19N5O2S. The lowest BCUT2D eigenvalue weighted by atomic mass is 10.2. The van der Waals surface area contributed by atoms with Crippen molar-refractivity contribution in [1.82, 2.24) is 9.97 Å². The fourth-order valence-corrected chi connectivity index (χ4v) is 1.86. The molecule has 0 aliphatic carbocycles. The van der Waals surface area contributed by atoms with E-state index in [-0.39, 0.29) is 6.42 Å². The first kappa shape index (κ1) is 17.1. The molecule has 0 amide bonds. The van der Waals surface area contributed by atoms with Gasteiger partial charge in [-0.1, -0.05) is 18.2 Å². The van der Waals surface area contributed by atoms with Crippen molar-refractivity contribution in [2.45, 2.75) is 30.8 Å². The van der Waals surface area contributed by atoms with Crippen LogP contribution in [0.5, 0.6) is 0 Å². The number of nitrogens with zero attached hydrogens (tertiary/aromatic N) is 4. The molecule has 1 aromatic rings. The van der Waals surface area contributed by atoms with E-state index >= 15 is 0 Å². The number of hydrogen-bond acceptors (Lipinski definition) is 7. The molecule has 0 aromatic carbocycles. The van der Waals surface area contributed by atoms with Crippen LogP contribution in [0.15, 0.2) is 27.6 Å². The Hall–Kier alpha value is -1.96. The maximum absolute atomic E-state index is 10.3. The molecule has 0 saturated heterocycles. The lowest BCUT2D eigenvalue weighted by Gasteiger charge is -2.00. The normalized spacial score (nSPS) is 12.0. The number of thioether (sulfide) groups is 1. The van der Waals surface area contributed by atoms with E-state index in [1.165, 1.54) is 11.8 Å². The average molecular weight is 309 g/mol. The number of aliphatic imine (C=N–C) groups is 1. The van der Waals surface area contributed by atoms with Crippen molar-refractivity contribution in [3.8, 4) is 0 Å². The minimum absolute atomic E-state index is 0.207. The number of carboxylic acid groups (broad SMARTS) is 1. The molecule has 1 aromatic heterocycles. The third kappa shape index (κ3) is 6.84. The van der Waals surface area contributed by atoms with Crippen molar-refractivity contribution in [2.75, 3.05) is 12.8 Å². The van der Waals surface area contributed by atoms with Gasteiger partial charge in [0.2, 0.25) is 0 Å². The fourth-order valence-electron chi connectivity index (χ4n) is 1.54. The third-order valence-corrected chi connectivity index (χ3v) is 3.21. The summed E-state index contributed by atoms with van der Waals surface area (Å²) >= 11 is 1.46. The summed E-state index contributed by atoms with van der Waals surface area (Å²) in [7, 11) is 0. The van der Waals surface area contributed by atoms with Crippen LogP contribution in [0.2, 0.25) is 0 Å². The molecule has 3 N–H and O–H groups in total. The molecule has 0 bridgehead atoms. The predicted molar refractivity (Wildman–Crippen MR) is 84.0 cm³/mol. The Morgan fingerprint density at radius 1 is 1.38 bits per heavy atom. The van der Waals surface area contributed by atoms with Crippen molar-refractivity contribution in [1.29, 1.82) is 0 Å². The van der Waals surface area contributed by atoms with Gasteiger partial charge in [-0.25, -0.2) is 9.97 Å². The Labute approximate surface area is 127 Å². The second kappa shape index (κ2) is 9.87.